The van der Waals surface area contributed by atoms with Gasteiger partial charge in [0.1, 0.15) is 0 Å². The number of guanidine groups is 1. The van der Waals surface area contributed by atoms with Crippen molar-refractivity contribution in [1.29, 1.82) is 0 Å². The molecule has 2 N–H and O–H groups in total. The van der Waals surface area contributed by atoms with E-state index in [4.69, 9.17) is 0 Å². The van der Waals surface area contributed by atoms with Crippen molar-refractivity contribution < 1.29 is 0 Å². The Morgan fingerprint density at radius 1 is 1.14 bits per heavy atom. The van der Waals surface area contributed by atoms with Gasteiger partial charge in [0.15, 0.2) is 5.96 Å². The second-order valence-electron chi connectivity index (χ2n) is 5.89. The maximum Gasteiger partial charge on any atom is 0.191 e. The monoisotopic (exact) mass is 304 g/mol. The predicted octanol–water partition coefficient (Wildman–Crippen LogP) is 2.86. The molecule has 1 aromatic carbocycles. The van der Waals surface area contributed by atoms with E-state index in [2.05, 4.69) is 72.6 Å². The van der Waals surface area contributed by atoms with Crippen molar-refractivity contribution in [1.82, 2.24) is 15.5 Å². The van der Waals surface area contributed by atoms with E-state index >= 15 is 0 Å². The lowest BCUT2D eigenvalue weighted by molar-refractivity contribution is 0.268. The van der Waals surface area contributed by atoms with Gasteiger partial charge in [0.2, 0.25) is 0 Å². The van der Waals surface area contributed by atoms with Crippen molar-refractivity contribution in [2.45, 2.75) is 46.2 Å². The molecular formula is C18H32N4. The maximum atomic E-state index is 4.63. The Kier molecular flexibility index (Phi) is 9.31. The van der Waals surface area contributed by atoms with Crippen LogP contribution in [-0.4, -0.2) is 43.6 Å². The Hall–Kier alpha value is -1.55. The SMILES string of the molecule is CCNC(=NCc1ccccc1)NCCCCN(C)C(C)C. The largest absolute Gasteiger partial charge is 0.357 e. The van der Waals surface area contributed by atoms with Gasteiger partial charge in [-0.25, -0.2) is 4.99 Å². The minimum Gasteiger partial charge on any atom is -0.357 e. The fraction of sp³-hybridized carbons (Fsp3) is 0.611. The second-order valence-corrected chi connectivity index (χ2v) is 5.89. The van der Waals surface area contributed by atoms with Crippen LogP contribution in [0.2, 0.25) is 0 Å². The Morgan fingerprint density at radius 2 is 1.86 bits per heavy atom. The number of hydrogen-bond acceptors (Lipinski definition) is 2. The van der Waals surface area contributed by atoms with E-state index < -0.39 is 0 Å². The van der Waals surface area contributed by atoms with E-state index in [1.807, 2.05) is 6.07 Å². The van der Waals surface area contributed by atoms with Gasteiger partial charge < -0.3 is 15.5 Å². The number of benzene rings is 1. The number of aliphatic imine (C=N–C) groups is 1. The fourth-order valence-corrected chi connectivity index (χ4v) is 2.05. The van der Waals surface area contributed by atoms with Crippen LogP contribution in [0.25, 0.3) is 0 Å². The summed E-state index contributed by atoms with van der Waals surface area (Å²) < 4.78 is 0. The van der Waals surface area contributed by atoms with E-state index in [9.17, 15) is 0 Å². The Bertz CT molecular complexity index is 414. The first kappa shape index (κ1) is 18.5. The highest BCUT2D eigenvalue weighted by atomic mass is 15.2. The normalized spacial score (nSPS) is 12.0. The first-order chi connectivity index (χ1) is 10.6. The fourth-order valence-electron chi connectivity index (χ4n) is 2.05. The summed E-state index contributed by atoms with van der Waals surface area (Å²) in [6, 6.07) is 11.0. The smallest absolute Gasteiger partial charge is 0.191 e. The van der Waals surface area contributed by atoms with E-state index in [0.717, 1.165) is 32.0 Å². The number of nitrogens with one attached hydrogen (secondary N) is 2. The molecule has 124 valence electrons. The van der Waals surface area contributed by atoms with Crippen molar-refractivity contribution >= 4 is 5.96 Å². The minimum atomic E-state index is 0.623. The van der Waals surface area contributed by atoms with Gasteiger partial charge in [-0.1, -0.05) is 30.3 Å². The summed E-state index contributed by atoms with van der Waals surface area (Å²) in [6.07, 6.45) is 2.37. The van der Waals surface area contributed by atoms with Crippen LogP contribution >= 0.6 is 0 Å². The van der Waals surface area contributed by atoms with Crippen LogP contribution in [0.3, 0.4) is 0 Å². The molecular weight excluding hydrogens is 272 g/mol. The molecule has 1 rings (SSSR count). The number of unbranched alkanes of at least 4 members (excludes halogenated alkanes) is 1. The molecule has 0 radical (unpaired) electrons. The molecule has 0 heterocycles. The molecule has 4 nitrogen and oxygen atoms in total. The lowest BCUT2D eigenvalue weighted by Crippen LogP contribution is -2.38. The van der Waals surface area contributed by atoms with Crippen molar-refractivity contribution in [3.8, 4) is 0 Å². The molecule has 1 aromatic rings. The highest BCUT2D eigenvalue weighted by Gasteiger charge is 2.02. The van der Waals surface area contributed by atoms with Gasteiger partial charge in [-0.2, -0.15) is 0 Å². The molecule has 0 saturated heterocycles. The highest BCUT2D eigenvalue weighted by molar-refractivity contribution is 5.79. The quantitative estimate of drug-likeness (QED) is 0.419. The molecule has 22 heavy (non-hydrogen) atoms. The highest BCUT2D eigenvalue weighted by Crippen LogP contribution is 2.00. The van der Waals surface area contributed by atoms with E-state index in [0.29, 0.717) is 12.6 Å². The molecule has 0 aliphatic heterocycles. The van der Waals surface area contributed by atoms with Gasteiger partial charge in [-0.05, 0) is 52.8 Å². The summed E-state index contributed by atoms with van der Waals surface area (Å²) in [5.41, 5.74) is 1.23. The molecule has 0 atom stereocenters. The molecule has 0 amide bonds. The lowest BCUT2D eigenvalue weighted by atomic mass is 10.2. The number of hydrogen-bond donors (Lipinski definition) is 2. The van der Waals surface area contributed by atoms with Gasteiger partial charge in [-0.15, -0.1) is 0 Å². The standard InChI is InChI=1S/C18H32N4/c1-5-19-18(21-15-17-11-7-6-8-12-17)20-13-9-10-14-22(4)16(2)3/h6-8,11-12,16H,5,9-10,13-15H2,1-4H3,(H2,19,20,21). The third-order valence-electron chi connectivity index (χ3n) is 3.72. The summed E-state index contributed by atoms with van der Waals surface area (Å²) >= 11 is 0. The van der Waals surface area contributed by atoms with E-state index in [-0.39, 0.29) is 0 Å². The molecule has 0 aliphatic rings. The average Bonchev–Trinajstić information content (AvgIpc) is 2.52. The molecule has 0 bridgehead atoms. The van der Waals surface area contributed by atoms with Crippen LogP contribution in [-0.2, 0) is 6.54 Å². The van der Waals surface area contributed by atoms with Crippen LogP contribution in [0.15, 0.2) is 35.3 Å². The molecule has 0 unspecified atom stereocenters. The number of rotatable bonds is 9. The number of nitrogens with zero attached hydrogens (tertiary/aromatic N) is 2. The van der Waals surface area contributed by atoms with E-state index in [1.165, 1.54) is 12.0 Å². The van der Waals surface area contributed by atoms with Gasteiger partial charge in [0, 0.05) is 19.1 Å². The average molecular weight is 304 g/mol. The van der Waals surface area contributed by atoms with Crippen LogP contribution in [0.4, 0.5) is 0 Å². The topological polar surface area (TPSA) is 39.7 Å². The Balaban J connectivity index is 2.29. The zero-order valence-corrected chi connectivity index (χ0v) is 14.6. The van der Waals surface area contributed by atoms with Crippen molar-refractivity contribution in [2.24, 2.45) is 4.99 Å². The molecule has 0 fully saturated rings. The molecule has 0 aromatic heterocycles. The van der Waals surface area contributed by atoms with Crippen LogP contribution in [0.5, 0.6) is 0 Å². The van der Waals surface area contributed by atoms with Crippen molar-refractivity contribution in [3.05, 3.63) is 35.9 Å². The minimum absolute atomic E-state index is 0.623. The zero-order chi connectivity index (χ0) is 16.2. The van der Waals surface area contributed by atoms with Crippen LogP contribution in [0.1, 0.15) is 39.2 Å². The maximum absolute atomic E-state index is 4.63. The molecule has 0 aliphatic carbocycles. The third kappa shape index (κ3) is 8.03. The summed E-state index contributed by atoms with van der Waals surface area (Å²) in [4.78, 5) is 7.01. The second kappa shape index (κ2) is 11.1. The van der Waals surface area contributed by atoms with E-state index in [1.54, 1.807) is 0 Å². The Morgan fingerprint density at radius 3 is 2.50 bits per heavy atom. The van der Waals surface area contributed by atoms with Crippen LogP contribution < -0.4 is 10.6 Å². The molecule has 4 heteroatoms. The van der Waals surface area contributed by atoms with Crippen molar-refractivity contribution in [2.75, 3.05) is 26.7 Å². The third-order valence-corrected chi connectivity index (χ3v) is 3.72. The van der Waals surface area contributed by atoms with Gasteiger partial charge in [0.25, 0.3) is 0 Å². The summed E-state index contributed by atoms with van der Waals surface area (Å²) in [5, 5.41) is 6.71. The van der Waals surface area contributed by atoms with Gasteiger partial charge in [-0.3, -0.25) is 0 Å². The zero-order valence-electron chi connectivity index (χ0n) is 14.6. The first-order valence-corrected chi connectivity index (χ1v) is 8.39. The molecule has 0 spiro atoms. The van der Waals surface area contributed by atoms with Gasteiger partial charge >= 0.3 is 0 Å². The van der Waals surface area contributed by atoms with Crippen LogP contribution in [0, 0.1) is 0 Å². The van der Waals surface area contributed by atoms with Crippen molar-refractivity contribution in [3.63, 3.8) is 0 Å². The predicted molar refractivity (Wildman–Crippen MR) is 96.3 cm³/mol. The van der Waals surface area contributed by atoms with Gasteiger partial charge in [0.05, 0.1) is 6.54 Å². The Labute approximate surface area is 136 Å². The summed E-state index contributed by atoms with van der Waals surface area (Å²) in [6.45, 7) is 10.3. The summed E-state index contributed by atoms with van der Waals surface area (Å²) in [7, 11) is 2.18. The first-order valence-electron chi connectivity index (χ1n) is 8.39. The lowest BCUT2D eigenvalue weighted by Gasteiger charge is -2.20. The summed E-state index contributed by atoms with van der Waals surface area (Å²) in [5.74, 6) is 0.906. The molecule has 0 saturated carbocycles.